The Labute approximate surface area is 116 Å². The van der Waals surface area contributed by atoms with E-state index in [9.17, 15) is 4.79 Å². The van der Waals surface area contributed by atoms with Gasteiger partial charge < -0.3 is 9.47 Å². The molecule has 0 spiro atoms. The van der Waals surface area contributed by atoms with E-state index in [0.717, 1.165) is 16.6 Å². The lowest BCUT2D eigenvalue weighted by atomic mass is 9.95. The molecule has 2 unspecified atom stereocenters. The van der Waals surface area contributed by atoms with Gasteiger partial charge in [0.1, 0.15) is 5.75 Å². The molecule has 1 aliphatic rings. The minimum absolute atomic E-state index is 0.0192. The lowest BCUT2D eigenvalue weighted by Crippen LogP contribution is -2.15. The summed E-state index contributed by atoms with van der Waals surface area (Å²) in [5.74, 6) is 0.903. The molecule has 1 saturated heterocycles. The first kappa shape index (κ1) is 13.6. The van der Waals surface area contributed by atoms with Crippen LogP contribution in [0.15, 0.2) is 22.7 Å². The fraction of sp³-hybridized carbons (Fsp3) is 0.500. The predicted molar refractivity (Wildman–Crippen MR) is 73.2 cm³/mol. The fourth-order valence-electron chi connectivity index (χ4n) is 2.17. The smallest absolute Gasteiger partial charge is 0.169 e. The standard InChI is InChI=1S/C14H17BrO3/c1-3-17-11-4-5-12(13(15)7-11)14(16)10-6-9(2)18-8-10/h4-5,7,9-10H,3,6,8H2,1-2H3. The van der Waals surface area contributed by atoms with Crippen molar-refractivity contribution in [2.75, 3.05) is 13.2 Å². The van der Waals surface area contributed by atoms with Crippen molar-refractivity contribution in [2.45, 2.75) is 26.4 Å². The van der Waals surface area contributed by atoms with E-state index in [-0.39, 0.29) is 17.8 Å². The summed E-state index contributed by atoms with van der Waals surface area (Å²) < 4.78 is 11.6. The molecule has 1 aliphatic heterocycles. The van der Waals surface area contributed by atoms with Gasteiger partial charge in [-0.25, -0.2) is 0 Å². The average Bonchev–Trinajstić information content (AvgIpc) is 2.76. The van der Waals surface area contributed by atoms with Crippen LogP contribution in [0.25, 0.3) is 0 Å². The molecule has 0 radical (unpaired) electrons. The Morgan fingerprint density at radius 1 is 1.56 bits per heavy atom. The Morgan fingerprint density at radius 3 is 2.89 bits per heavy atom. The number of ether oxygens (including phenoxy) is 2. The van der Waals surface area contributed by atoms with Crippen LogP contribution < -0.4 is 4.74 Å². The average molecular weight is 313 g/mol. The van der Waals surface area contributed by atoms with Gasteiger partial charge in [0.25, 0.3) is 0 Å². The van der Waals surface area contributed by atoms with Crippen LogP contribution in [0.1, 0.15) is 30.6 Å². The van der Waals surface area contributed by atoms with E-state index in [1.807, 2.05) is 32.0 Å². The highest BCUT2D eigenvalue weighted by molar-refractivity contribution is 9.10. The molecular formula is C14H17BrO3. The maximum Gasteiger partial charge on any atom is 0.169 e. The molecule has 3 nitrogen and oxygen atoms in total. The lowest BCUT2D eigenvalue weighted by molar-refractivity contribution is 0.0877. The molecule has 18 heavy (non-hydrogen) atoms. The molecule has 4 heteroatoms. The Hall–Kier alpha value is -0.870. The minimum Gasteiger partial charge on any atom is -0.494 e. The number of halogens is 1. The number of hydrogen-bond donors (Lipinski definition) is 0. The van der Waals surface area contributed by atoms with Gasteiger partial charge in [-0.1, -0.05) is 0 Å². The molecule has 0 N–H and O–H groups in total. The largest absolute Gasteiger partial charge is 0.494 e. The molecule has 0 saturated carbocycles. The number of Topliss-reactive ketones (excluding diaryl/α,β-unsaturated/α-hetero) is 1. The molecule has 2 rings (SSSR count). The van der Waals surface area contributed by atoms with Gasteiger partial charge in [0.2, 0.25) is 0 Å². The zero-order chi connectivity index (χ0) is 13.1. The van der Waals surface area contributed by atoms with Crippen LogP contribution in [0.3, 0.4) is 0 Å². The molecule has 1 fully saturated rings. The second-order valence-corrected chi connectivity index (χ2v) is 5.37. The normalized spacial score (nSPS) is 23.1. The highest BCUT2D eigenvalue weighted by Crippen LogP contribution is 2.29. The monoisotopic (exact) mass is 312 g/mol. The van der Waals surface area contributed by atoms with Crippen LogP contribution in [-0.2, 0) is 4.74 Å². The molecule has 98 valence electrons. The van der Waals surface area contributed by atoms with Crippen LogP contribution in [0.5, 0.6) is 5.75 Å². The van der Waals surface area contributed by atoms with Crippen LogP contribution >= 0.6 is 15.9 Å². The Bertz CT molecular complexity index is 445. The summed E-state index contributed by atoms with van der Waals surface area (Å²) in [6.07, 6.45) is 0.985. The number of hydrogen-bond acceptors (Lipinski definition) is 3. The fourth-order valence-corrected chi connectivity index (χ4v) is 2.73. The highest BCUT2D eigenvalue weighted by Gasteiger charge is 2.29. The SMILES string of the molecule is CCOc1ccc(C(=O)C2COC(C)C2)c(Br)c1. The second kappa shape index (κ2) is 5.85. The number of rotatable bonds is 4. The molecule has 0 aliphatic carbocycles. The van der Waals surface area contributed by atoms with Crippen LogP contribution in [0.2, 0.25) is 0 Å². The van der Waals surface area contributed by atoms with Crippen molar-refractivity contribution < 1.29 is 14.3 Å². The zero-order valence-electron chi connectivity index (χ0n) is 10.6. The van der Waals surface area contributed by atoms with Crippen molar-refractivity contribution in [3.8, 4) is 5.75 Å². The van der Waals surface area contributed by atoms with E-state index in [4.69, 9.17) is 9.47 Å². The molecule has 0 aromatic heterocycles. The van der Waals surface area contributed by atoms with E-state index in [1.165, 1.54) is 0 Å². The van der Waals surface area contributed by atoms with Crippen LogP contribution in [0.4, 0.5) is 0 Å². The molecule has 1 heterocycles. The summed E-state index contributed by atoms with van der Waals surface area (Å²) >= 11 is 3.44. The van der Waals surface area contributed by atoms with Gasteiger partial charge in [0.05, 0.1) is 19.3 Å². The van der Waals surface area contributed by atoms with Gasteiger partial charge in [-0.15, -0.1) is 0 Å². The van der Waals surface area contributed by atoms with Crippen molar-refractivity contribution in [1.29, 1.82) is 0 Å². The summed E-state index contributed by atoms with van der Waals surface area (Å²) in [5.41, 5.74) is 0.709. The molecule has 0 amide bonds. The Morgan fingerprint density at radius 2 is 2.33 bits per heavy atom. The number of benzene rings is 1. The Balaban J connectivity index is 2.15. The van der Waals surface area contributed by atoms with Gasteiger partial charge >= 0.3 is 0 Å². The first-order chi connectivity index (χ1) is 8.61. The van der Waals surface area contributed by atoms with Crippen molar-refractivity contribution in [3.63, 3.8) is 0 Å². The van der Waals surface area contributed by atoms with Crippen LogP contribution in [0, 0.1) is 5.92 Å². The Kier molecular flexibility index (Phi) is 4.40. The van der Waals surface area contributed by atoms with E-state index in [1.54, 1.807) is 0 Å². The third-order valence-corrected chi connectivity index (χ3v) is 3.74. The van der Waals surface area contributed by atoms with Gasteiger partial charge in [-0.05, 0) is 54.4 Å². The third kappa shape index (κ3) is 2.93. The summed E-state index contributed by atoms with van der Waals surface area (Å²) in [7, 11) is 0. The summed E-state index contributed by atoms with van der Waals surface area (Å²) in [5, 5.41) is 0. The first-order valence-electron chi connectivity index (χ1n) is 6.20. The first-order valence-corrected chi connectivity index (χ1v) is 6.99. The summed E-state index contributed by atoms with van der Waals surface area (Å²) in [6.45, 7) is 5.08. The summed E-state index contributed by atoms with van der Waals surface area (Å²) in [6, 6.07) is 5.50. The van der Waals surface area contributed by atoms with E-state index in [2.05, 4.69) is 15.9 Å². The van der Waals surface area contributed by atoms with Gasteiger partial charge in [0.15, 0.2) is 5.78 Å². The maximum absolute atomic E-state index is 12.3. The predicted octanol–water partition coefficient (Wildman–Crippen LogP) is 3.46. The maximum atomic E-state index is 12.3. The number of carbonyl (C=O) groups is 1. The van der Waals surface area contributed by atoms with E-state index in [0.29, 0.717) is 18.8 Å². The van der Waals surface area contributed by atoms with Crippen molar-refractivity contribution >= 4 is 21.7 Å². The minimum atomic E-state index is -0.0192. The van der Waals surface area contributed by atoms with Gasteiger partial charge in [-0.3, -0.25) is 4.79 Å². The molecule has 1 aromatic carbocycles. The van der Waals surface area contributed by atoms with Crippen molar-refractivity contribution in [1.82, 2.24) is 0 Å². The quantitative estimate of drug-likeness (QED) is 0.799. The van der Waals surface area contributed by atoms with Crippen LogP contribution in [-0.4, -0.2) is 25.1 Å². The third-order valence-electron chi connectivity index (χ3n) is 3.09. The molecule has 0 bridgehead atoms. The van der Waals surface area contributed by atoms with Gasteiger partial charge in [0, 0.05) is 16.0 Å². The summed E-state index contributed by atoms with van der Waals surface area (Å²) in [4.78, 5) is 12.3. The lowest BCUT2D eigenvalue weighted by Gasteiger charge is -2.10. The zero-order valence-corrected chi connectivity index (χ0v) is 12.2. The van der Waals surface area contributed by atoms with Crippen molar-refractivity contribution in [3.05, 3.63) is 28.2 Å². The molecule has 1 aromatic rings. The number of carbonyl (C=O) groups excluding carboxylic acids is 1. The topological polar surface area (TPSA) is 35.5 Å². The second-order valence-electron chi connectivity index (χ2n) is 4.52. The number of ketones is 1. The molecule has 2 atom stereocenters. The molecular weight excluding hydrogens is 296 g/mol. The van der Waals surface area contributed by atoms with E-state index >= 15 is 0 Å². The van der Waals surface area contributed by atoms with Gasteiger partial charge in [-0.2, -0.15) is 0 Å². The van der Waals surface area contributed by atoms with E-state index < -0.39 is 0 Å². The van der Waals surface area contributed by atoms with Crippen molar-refractivity contribution in [2.24, 2.45) is 5.92 Å². The highest BCUT2D eigenvalue weighted by atomic mass is 79.9.